The van der Waals surface area contributed by atoms with Gasteiger partial charge in [-0.05, 0) is 31.1 Å². The Bertz CT molecular complexity index is 365. The zero-order chi connectivity index (χ0) is 14.1. The summed E-state index contributed by atoms with van der Waals surface area (Å²) in [6.07, 6.45) is 5.71. The average Bonchev–Trinajstić information content (AvgIpc) is 3.09. The van der Waals surface area contributed by atoms with Gasteiger partial charge in [0.05, 0.1) is 6.61 Å². The van der Waals surface area contributed by atoms with Crippen molar-refractivity contribution < 1.29 is 9.53 Å². The van der Waals surface area contributed by atoms with Gasteiger partial charge in [-0.3, -0.25) is 9.69 Å². The van der Waals surface area contributed by atoms with Gasteiger partial charge in [0.2, 0.25) is 5.91 Å². The minimum absolute atomic E-state index is 0. The highest BCUT2D eigenvalue weighted by molar-refractivity contribution is 5.85. The minimum Gasteiger partial charge on any atom is -0.383 e. The quantitative estimate of drug-likeness (QED) is 0.823. The van der Waals surface area contributed by atoms with Crippen LogP contribution in [0.2, 0.25) is 0 Å². The number of methoxy groups -OCH3 is 1. The Morgan fingerprint density at radius 2 is 1.86 bits per heavy atom. The first kappa shape index (κ1) is 20.0. The van der Waals surface area contributed by atoms with Crippen LogP contribution in [0.5, 0.6) is 0 Å². The molecule has 0 aromatic rings. The van der Waals surface area contributed by atoms with Crippen LogP contribution in [-0.4, -0.2) is 67.7 Å². The molecule has 0 radical (unpaired) electrons. The molecule has 22 heavy (non-hydrogen) atoms. The summed E-state index contributed by atoms with van der Waals surface area (Å²) in [6.45, 7) is 3.98. The molecule has 1 heterocycles. The van der Waals surface area contributed by atoms with Gasteiger partial charge in [-0.2, -0.15) is 0 Å². The second-order valence-electron chi connectivity index (χ2n) is 6.67. The monoisotopic (exact) mass is 353 g/mol. The summed E-state index contributed by atoms with van der Waals surface area (Å²) in [4.78, 5) is 16.7. The lowest BCUT2D eigenvalue weighted by molar-refractivity contribution is -0.136. The maximum Gasteiger partial charge on any atom is 0.241 e. The van der Waals surface area contributed by atoms with Crippen molar-refractivity contribution in [2.45, 2.75) is 37.8 Å². The predicted octanol–water partition coefficient (Wildman–Crippen LogP) is 1.14. The Hall–Kier alpha value is -0.0700. The molecule has 7 heteroatoms. The highest BCUT2D eigenvalue weighted by atomic mass is 35.5. The highest BCUT2D eigenvalue weighted by Crippen LogP contribution is 2.46. The van der Waals surface area contributed by atoms with Crippen molar-refractivity contribution in [1.82, 2.24) is 9.80 Å². The molecule has 0 spiro atoms. The van der Waals surface area contributed by atoms with Crippen LogP contribution < -0.4 is 5.73 Å². The molecule has 5 nitrogen and oxygen atoms in total. The molecule has 0 aromatic carbocycles. The third-order valence-electron chi connectivity index (χ3n) is 5.46. The van der Waals surface area contributed by atoms with Crippen molar-refractivity contribution in [1.29, 1.82) is 0 Å². The van der Waals surface area contributed by atoms with Gasteiger partial charge in [0.15, 0.2) is 0 Å². The number of rotatable bonds is 4. The zero-order valence-electron chi connectivity index (χ0n) is 13.3. The average molecular weight is 354 g/mol. The maximum atomic E-state index is 12.1. The Kier molecular flexibility index (Phi) is 7.89. The predicted molar refractivity (Wildman–Crippen MR) is 91.7 cm³/mol. The molecule has 3 rings (SSSR count). The number of amides is 1. The number of carbonyl (C=O) groups excluding carboxylic acids is 1. The first-order valence-corrected chi connectivity index (χ1v) is 7.96. The van der Waals surface area contributed by atoms with E-state index in [1.807, 2.05) is 4.90 Å². The number of piperazine rings is 1. The number of nitrogens with two attached hydrogens (primary N) is 1. The number of fused-ring (bicyclic) bond motifs is 2. The fraction of sp³-hybridized carbons (Fsp3) is 0.933. The number of halogens is 2. The standard InChI is InChI=1S/C15H27N3O2.2ClH/c1-20-10-13(16)15(19)18-6-4-17(5-7-18)14-9-11-2-3-12(14)8-11;;/h11-14H,2-10,16H2,1H3;2*1H. The molecule has 3 fully saturated rings. The number of hydrogen-bond acceptors (Lipinski definition) is 4. The minimum atomic E-state index is -0.506. The smallest absolute Gasteiger partial charge is 0.241 e. The van der Waals surface area contributed by atoms with Crippen LogP contribution in [0.15, 0.2) is 0 Å². The molecule has 130 valence electrons. The van der Waals surface area contributed by atoms with Crippen molar-refractivity contribution in [2.24, 2.45) is 17.6 Å². The summed E-state index contributed by atoms with van der Waals surface area (Å²) < 4.78 is 4.97. The first-order valence-electron chi connectivity index (χ1n) is 7.96. The van der Waals surface area contributed by atoms with Crippen molar-refractivity contribution in [3.8, 4) is 0 Å². The van der Waals surface area contributed by atoms with Crippen LogP contribution in [0.25, 0.3) is 0 Å². The molecule has 2 aliphatic carbocycles. The van der Waals surface area contributed by atoms with Crippen LogP contribution in [0.1, 0.15) is 25.7 Å². The molecule has 4 atom stereocenters. The third-order valence-corrected chi connectivity index (χ3v) is 5.46. The lowest BCUT2D eigenvalue weighted by atomic mass is 9.93. The van der Waals surface area contributed by atoms with Crippen molar-refractivity contribution in [3.63, 3.8) is 0 Å². The number of ether oxygens (including phenoxy) is 1. The summed E-state index contributed by atoms with van der Waals surface area (Å²) in [5, 5.41) is 0. The van der Waals surface area contributed by atoms with E-state index < -0.39 is 6.04 Å². The first-order chi connectivity index (χ1) is 9.69. The summed E-state index contributed by atoms with van der Waals surface area (Å²) in [7, 11) is 1.58. The lowest BCUT2D eigenvalue weighted by Crippen LogP contribution is -2.56. The summed E-state index contributed by atoms with van der Waals surface area (Å²) in [5.74, 6) is 1.96. The lowest BCUT2D eigenvalue weighted by Gasteiger charge is -2.41. The maximum absolute atomic E-state index is 12.1. The van der Waals surface area contributed by atoms with Gasteiger partial charge < -0.3 is 15.4 Å². The number of hydrogen-bond donors (Lipinski definition) is 1. The van der Waals surface area contributed by atoms with E-state index in [1.165, 1.54) is 25.7 Å². The second kappa shape index (κ2) is 8.69. The second-order valence-corrected chi connectivity index (χ2v) is 6.67. The van der Waals surface area contributed by atoms with Gasteiger partial charge in [0.25, 0.3) is 0 Å². The molecule has 2 bridgehead atoms. The Labute approximate surface area is 145 Å². The summed E-state index contributed by atoms with van der Waals surface area (Å²) >= 11 is 0. The fourth-order valence-electron chi connectivity index (χ4n) is 4.42. The SMILES string of the molecule is COCC(N)C(=O)N1CCN(C2CC3CCC2C3)CC1.Cl.Cl. The van der Waals surface area contributed by atoms with Crippen LogP contribution >= 0.6 is 24.8 Å². The topological polar surface area (TPSA) is 58.8 Å². The number of nitrogens with zero attached hydrogens (tertiary/aromatic N) is 2. The van der Waals surface area contributed by atoms with E-state index in [9.17, 15) is 4.79 Å². The van der Waals surface area contributed by atoms with E-state index >= 15 is 0 Å². The Morgan fingerprint density at radius 3 is 2.36 bits per heavy atom. The molecule has 3 aliphatic rings. The van der Waals surface area contributed by atoms with Gasteiger partial charge >= 0.3 is 0 Å². The van der Waals surface area contributed by atoms with Gasteiger partial charge in [-0.15, -0.1) is 24.8 Å². The summed E-state index contributed by atoms with van der Waals surface area (Å²) in [5.41, 5.74) is 5.83. The number of carbonyl (C=O) groups is 1. The third kappa shape index (κ3) is 4.06. The Morgan fingerprint density at radius 1 is 1.18 bits per heavy atom. The van der Waals surface area contributed by atoms with Crippen molar-refractivity contribution in [3.05, 3.63) is 0 Å². The molecule has 1 saturated heterocycles. The van der Waals surface area contributed by atoms with E-state index in [-0.39, 0.29) is 30.7 Å². The van der Waals surface area contributed by atoms with Gasteiger partial charge in [-0.25, -0.2) is 0 Å². The highest BCUT2D eigenvalue weighted by Gasteiger charge is 2.43. The molecule has 2 N–H and O–H groups in total. The fourth-order valence-corrected chi connectivity index (χ4v) is 4.42. The van der Waals surface area contributed by atoms with E-state index in [2.05, 4.69) is 4.90 Å². The van der Waals surface area contributed by atoms with Crippen molar-refractivity contribution >= 4 is 30.7 Å². The van der Waals surface area contributed by atoms with Crippen LogP contribution in [-0.2, 0) is 9.53 Å². The molecular weight excluding hydrogens is 325 g/mol. The van der Waals surface area contributed by atoms with Gasteiger partial charge in [0, 0.05) is 39.3 Å². The van der Waals surface area contributed by atoms with E-state index in [0.717, 1.165) is 44.1 Å². The zero-order valence-corrected chi connectivity index (χ0v) is 14.9. The van der Waals surface area contributed by atoms with E-state index in [4.69, 9.17) is 10.5 Å². The van der Waals surface area contributed by atoms with Gasteiger partial charge in [0.1, 0.15) is 6.04 Å². The molecule has 2 saturated carbocycles. The van der Waals surface area contributed by atoms with Crippen molar-refractivity contribution in [2.75, 3.05) is 39.9 Å². The molecule has 1 aliphatic heterocycles. The Balaban J connectivity index is 0.00000121. The van der Waals surface area contributed by atoms with Crippen LogP contribution in [0.4, 0.5) is 0 Å². The molecule has 0 aromatic heterocycles. The normalized spacial score (nSPS) is 32.3. The van der Waals surface area contributed by atoms with Gasteiger partial charge in [-0.1, -0.05) is 6.42 Å². The van der Waals surface area contributed by atoms with Crippen LogP contribution in [0, 0.1) is 11.8 Å². The molecule has 4 unspecified atom stereocenters. The van der Waals surface area contributed by atoms with Crippen LogP contribution in [0.3, 0.4) is 0 Å². The molecular formula is C15H29Cl2N3O2. The molecule has 1 amide bonds. The summed E-state index contributed by atoms with van der Waals surface area (Å²) in [6, 6.07) is 0.285. The van der Waals surface area contributed by atoms with E-state index in [1.54, 1.807) is 7.11 Å². The van der Waals surface area contributed by atoms with E-state index in [0.29, 0.717) is 6.61 Å². The largest absolute Gasteiger partial charge is 0.383 e.